The van der Waals surface area contributed by atoms with E-state index in [1.54, 1.807) is 0 Å². The topological polar surface area (TPSA) is 0 Å². The van der Waals surface area contributed by atoms with Gasteiger partial charge in [-0.05, 0) is 11.6 Å². The zero-order chi connectivity index (χ0) is 12.9. The Morgan fingerprint density at radius 3 is 1.00 bits per heavy atom. The summed E-state index contributed by atoms with van der Waals surface area (Å²) < 4.78 is 96.8. The normalized spacial score (nSPS) is 11.6. The van der Waals surface area contributed by atoms with Crippen LogP contribution in [0, 0.1) is 0 Å². The van der Waals surface area contributed by atoms with Crippen molar-refractivity contribution in [1.29, 1.82) is 0 Å². The highest BCUT2D eigenvalue weighted by Crippen LogP contribution is 2.31. The molecule has 15 heavy (non-hydrogen) atoms. The maximum absolute atomic E-state index is 10.8. The van der Waals surface area contributed by atoms with Gasteiger partial charge in [0.1, 0.15) is 6.42 Å². The molecule has 0 aromatic carbocycles. The summed E-state index contributed by atoms with van der Waals surface area (Å²) in [5.74, 6) is 0. The van der Waals surface area contributed by atoms with E-state index in [4.69, 9.17) is 0 Å². The average Bonchev–Trinajstić information content (AvgIpc) is 1.78. The Bertz CT molecular complexity index is 182. The second-order valence-electron chi connectivity index (χ2n) is 1.93. The Morgan fingerprint density at radius 1 is 0.800 bits per heavy atom. The molecule has 0 saturated heterocycles. The van der Waals surface area contributed by atoms with E-state index in [1.165, 1.54) is 0 Å². The van der Waals surface area contributed by atoms with Crippen molar-refractivity contribution in [2.24, 2.45) is 0 Å². The molecule has 10 heteroatoms. The molecule has 0 atom stereocenters. The van der Waals surface area contributed by atoms with Gasteiger partial charge in [-0.25, -0.2) is 0 Å². The van der Waals surface area contributed by atoms with Gasteiger partial charge < -0.3 is 0 Å². The lowest BCUT2D eigenvalue weighted by molar-refractivity contribution is -0.232. The van der Waals surface area contributed by atoms with Crippen LogP contribution in [0.3, 0.4) is 0 Å². The van der Waals surface area contributed by atoms with Crippen LogP contribution in [-0.2, 0) is 0 Å². The molecule has 0 unspecified atom stereocenters. The highest BCUT2D eigenvalue weighted by Gasteiger charge is 2.43. The fourth-order valence-corrected chi connectivity index (χ4v) is 0.227. The molecular weight excluding hydrogens is 266 g/mol. The van der Waals surface area contributed by atoms with E-state index < -0.39 is 30.1 Å². The molecule has 0 aromatic rings. The summed E-state index contributed by atoms with van der Waals surface area (Å²) in [6.45, 7) is 0. The molecule has 0 nitrogen and oxygen atoms in total. The van der Waals surface area contributed by atoms with Crippen molar-refractivity contribution in [2.75, 3.05) is 0 Å². The van der Waals surface area contributed by atoms with Gasteiger partial charge in [0.2, 0.25) is 0 Å². The van der Waals surface area contributed by atoms with E-state index >= 15 is 0 Å². The Balaban J connectivity index is 0. The summed E-state index contributed by atoms with van der Waals surface area (Å²) in [6, 6.07) is 0. The van der Waals surface area contributed by atoms with Gasteiger partial charge in [-0.1, -0.05) is 0 Å². The van der Waals surface area contributed by atoms with Crippen LogP contribution in [0.15, 0.2) is 11.4 Å². The van der Waals surface area contributed by atoms with Crippen LogP contribution >= 0.6 is 11.6 Å². The molecule has 0 aliphatic heterocycles. The summed E-state index contributed by atoms with van der Waals surface area (Å²) >= 11 is 4.08. The van der Waals surface area contributed by atoms with Gasteiger partial charge in [-0.2, -0.15) is 39.5 Å². The highest BCUT2D eigenvalue weighted by atomic mass is 35.5. The Hall–Kier alpha value is -0.600. The first-order valence-electron chi connectivity index (χ1n) is 2.85. The maximum Gasteiger partial charge on any atom is 0.397 e. The molecule has 0 radical (unpaired) electrons. The predicted octanol–water partition coefficient (Wildman–Crippen LogP) is 4.76. The second-order valence-corrected chi connectivity index (χ2v) is 2.26. The third kappa shape index (κ3) is 19.7. The van der Waals surface area contributed by atoms with Crippen molar-refractivity contribution in [2.45, 2.75) is 18.8 Å². The smallest absolute Gasteiger partial charge is 0.188 e. The molecule has 0 rings (SSSR count). The van der Waals surface area contributed by atoms with E-state index in [0.29, 0.717) is 0 Å². The van der Waals surface area contributed by atoms with E-state index in [9.17, 15) is 39.5 Å². The SMILES string of the molecule is FC(F)(F)CC(F)(F)F.FC(F)=C(F)Cl. The molecule has 0 bridgehead atoms. The first kappa shape index (κ1) is 16.8. The molecule has 0 fully saturated rings. The zero-order valence-electron chi connectivity index (χ0n) is 6.49. The fraction of sp³-hybridized carbons (Fsp3) is 0.600. The highest BCUT2D eigenvalue weighted by molar-refractivity contribution is 6.28. The molecule has 0 saturated carbocycles. The van der Waals surface area contributed by atoms with Gasteiger partial charge in [0.15, 0.2) is 0 Å². The molecule has 92 valence electrons. The van der Waals surface area contributed by atoms with Gasteiger partial charge in [-0.15, -0.1) is 0 Å². The number of hydrogen-bond acceptors (Lipinski definition) is 0. The lowest BCUT2D eigenvalue weighted by Crippen LogP contribution is -2.20. The first-order chi connectivity index (χ1) is 6.35. The summed E-state index contributed by atoms with van der Waals surface area (Å²) in [6.07, 6.45) is -15.5. The van der Waals surface area contributed by atoms with Crippen LogP contribution in [0.1, 0.15) is 6.42 Å². The molecule has 0 heterocycles. The Labute approximate surface area is 82.3 Å². The van der Waals surface area contributed by atoms with Gasteiger partial charge >= 0.3 is 18.4 Å². The average molecular weight is 269 g/mol. The van der Waals surface area contributed by atoms with Crippen LogP contribution in [0.5, 0.6) is 0 Å². The number of alkyl halides is 6. The number of halogens is 10. The van der Waals surface area contributed by atoms with Crippen LogP contribution in [-0.4, -0.2) is 12.4 Å². The minimum absolute atomic E-state index is 1.94. The molecule has 0 aliphatic carbocycles. The Kier molecular flexibility index (Phi) is 6.82. The van der Waals surface area contributed by atoms with Crippen LogP contribution in [0.4, 0.5) is 39.5 Å². The molecule has 0 amide bonds. The van der Waals surface area contributed by atoms with Crippen LogP contribution in [0.2, 0.25) is 0 Å². The van der Waals surface area contributed by atoms with Crippen LogP contribution < -0.4 is 0 Å². The van der Waals surface area contributed by atoms with Crippen molar-refractivity contribution in [3.8, 4) is 0 Å². The van der Waals surface area contributed by atoms with Crippen molar-refractivity contribution < 1.29 is 39.5 Å². The Morgan fingerprint density at radius 2 is 1.00 bits per heavy atom. The molecule has 0 N–H and O–H groups in total. The standard InChI is InChI=1S/C3H2F6.C2ClF3/c4-2(5,6)1-3(7,8)9;3-1(4)2(5)6/h1H2;. The number of hydrogen-bond donors (Lipinski definition) is 0. The monoisotopic (exact) mass is 268 g/mol. The summed E-state index contributed by atoms with van der Waals surface area (Å²) in [5.41, 5.74) is 0. The molecule has 0 aromatic heterocycles. The third-order valence-electron chi connectivity index (χ3n) is 0.544. The van der Waals surface area contributed by atoms with Gasteiger partial charge in [0.25, 0.3) is 5.29 Å². The van der Waals surface area contributed by atoms with E-state index in [1.807, 2.05) is 0 Å². The van der Waals surface area contributed by atoms with E-state index in [-0.39, 0.29) is 0 Å². The van der Waals surface area contributed by atoms with Crippen molar-refractivity contribution in [3.05, 3.63) is 11.4 Å². The van der Waals surface area contributed by atoms with Crippen molar-refractivity contribution >= 4 is 11.6 Å². The largest absolute Gasteiger partial charge is 0.397 e. The molecular formula is C5H2ClF9. The lowest BCUT2D eigenvalue weighted by Gasteiger charge is -2.08. The van der Waals surface area contributed by atoms with Gasteiger partial charge in [-0.3, -0.25) is 0 Å². The fourth-order valence-electron chi connectivity index (χ4n) is 0.227. The van der Waals surface area contributed by atoms with Gasteiger partial charge in [0.05, 0.1) is 0 Å². The maximum atomic E-state index is 10.8. The third-order valence-corrected chi connectivity index (χ3v) is 0.687. The lowest BCUT2D eigenvalue weighted by atomic mass is 10.4. The minimum atomic E-state index is -5.14. The second kappa shape index (κ2) is 6.09. The minimum Gasteiger partial charge on any atom is -0.188 e. The van der Waals surface area contributed by atoms with Gasteiger partial charge in [0, 0.05) is 0 Å². The van der Waals surface area contributed by atoms with Crippen molar-refractivity contribution in [1.82, 2.24) is 0 Å². The van der Waals surface area contributed by atoms with Crippen molar-refractivity contribution in [3.63, 3.8) is 0 Å². The number of rotatable bonds is 0. The summed E-state index contributed by atoms with van der Waals surface area (Å²) in [4.78, 5) is 0. The molecule has 0 spiro atoms. The summed E-state index contributed by atoms with van der Waals surface area (Å²) in [7, 11) is 0. The predicted molar refractivity (Wildman–Crippen MR) is 32.9 cm³/mol. The quantitative estimate of drug-likeness (QED) is 0.556. The first-order valence-corrected chi connectivity index (χ1v) is 3.22. The summed E-state index contributed by atoms with van der Waals surface area (Å²) in [5, 5.41) is -1.94. The van der Waals surface area contributed by atoms with Crippen LogP contribution in [0.25, 0.3) is 0 Å². The van der Waals surface area contributed by atoms with E-state index in [2.05, 4.69) is 11.6 Å². The van der Waals surface area contributed by atoms with E-state index in [0.717, 1.165) is 0 Å². The molecule has 0 aliphatic rings. The zero-order valence-corrected chi connectivity index (χ0v) is 7.24.